The SMILES string of the molecule is [CH2]c1c(F)c(F)c(COC(C)C)c(F)c1OC. The van der Waals surface area contributed by atoms with Crippen LogP contribution in [0.1, 0.15) is 25.0 Å². The van der Waals surface area contributed by atoms with Crippen LogP contribution in [0.3, 0.4) is 0 Å². The van der Waals surface area contributed by atoms with Gasteiger partial charge in [0.2, 0.25) is 0 Å². The molecule has 1 rings (SSSR count). The number of hydrogen-bond acceptors (Lipinski definition) is 2. The van der Waals surface area contributed by atoms with Crippen LogP contribution < -0.4 is 4.74 Å². The first-order valence-electron chi connectivity index (χ1n) is 5.07. The molecule has 0 aliphatic heterocycles. The fraction of sp³-hybridized carbons (Fsp3) is 0.417. The molecule has 0 heterocycles. The van der Waals surface area contributed by atoms with Gasteiger partial charge in [-0.05, 0) is 20.8 Å². The minimum absolute atomic E-state index is 0.220. The average molecular weight is 247 g/mol. The van der Waals surface area contributed by atoms with Crippen LogP contribution in [0.5, 0.6) is 5.75 Å². The molecule has 0 bridgehead atoms. The van der Waals surface area contributed by atoms with Crippen LogP contribution in [0.15, 0.2) is 0 Å². The molecule has 17 heavy (non-hydrogen) atoms. The Hall–Kier alpha value is -1.23. The second-order valence-corrected chi connectivity index (χ2v) is 3.79. The van der Waals surface area contributed by atoms with Gasteiger partial charge in [0.05, 0.1) is 25.4 Å². The molecule has 0 fully saturated rings. The predicted octanol–water partition coefficient (Wildman–Crippen LogP) is 3.22. The van der Waals surface area contributed by atoms with Crippen molar-refractivity contribution in [2.24, 2.45) is 0 Å². The van der Waals surface area contributed by atoms with Gasteiger partial charge in [-0.2, -0.15) is 0 Å². The molecule has 0 atom stereocenters. The molecule has 0 N–H and O–H groups in total. The monoisotopic (exact) mass is 247 g/mol. The van der Waals surface area contributed by atoms with Crippen LogP contribution in [-0.2, 0) is 11.3 Å². The fourth-order valence-corrected chi connectivity index (χ4v) is 1.32. The Morgan fingerprint density at radius 1 is 1.12 bits per heavy atom. The molecule has 1 aromatic carbocycles. The first-order chi connectivity index (χ1) is 7.90. The van der Waals surface area contributed by atoms with Gasteiger partial charge < -0.3 is 9.47 Å². The lowest BCUT2D eigenvalue weighted by Crippen LogP contribution is -2.10. The highest BCUT2D eigenvalue weighted by molar-refractivity contribution is 5.43. The van der Waals surface area contributed by atoms with Crippen molar-refractivity contribution in [1.82, 2.24) is 0 Å². The van der Waals surface area contributed by atoms with Gasteiger partial charge in [-0.3, -0.25) is 0 Å². The molecule has 0 saturated carbocycles. The summed E-state index contributed by atoms with van der Waals surface area (Å²) in [6.45, 7) is 6.28. The fourth-order valence-electron chi connectivity index (χ4n) is 1.32. The van der Waals surface area contributed by atoms with E-state index in [1.807, 2.05) is 0 Å². The molecule has 0 aromatic heterocycles. The number of ether oxygens (including phenoxy) is 2. The highest BCUT2D eigenvalue weighted by Gasteiger charge is 2.23. The Morgan fingerprint density at radius 2 is 1.71 bits per heavy atom. The van der Waals surface area contributed by atoms with E-state index in [2.05, 4.69) is 11.7 Å². The van der Waals surface area contributed by atoms with E-state index in [9.17, 15) is 13.2 Å². The first kappa shape index (κ1) is 13.8. The van der Waals surface area contributed by atoms with Gasteiger partial charge in [-0.1, -0.05) is 0 Å². The third-order valence-electron chi connectivity index (χ3n) is 2.23. The smallest absolute Gasteiger partial charge is 0.174 e. The maximum absolute atomic E-state index is 13.8. The second-order valence-electron chi connectivity index (χ2n) is 3.79. The Kier molecular flexibility index (Phi) is 4.40. The summed E-state index contributed by atoms with van der Waals surface area (Å²) in [7, 11) is 1.16. The Balaban J connectivity index is 3.24. The lowest BCUT2D eigenvalue weighted by molar-refractivity contribution is 0.0612. The molecule has 1 aromatic rings. The normalized spacial score (nSPS) is 11.1. The second kappa shape index (κ2) is 5.40. The van der Waals surface area contributed by atoms with Crippen LogP contribution in [0.25, 0.3) is 0 Å². The summed E-state index contributed by atoms with van der Waals surface area (Å²) in [5.41, 5.74) is -0.920. The van der Waals surface area contributed by atoms with Crippen molar-refractivity contribution in [3.63, 3.8) is 0 Å². The summed E-state index contributed by atoms with van der Waals surface area (Å²) < 4.78 is 50.4. The highest BCUT2D eigenvalue weighted by Crippen LogP contribution is 2.31. The van der Waals surface area contributed by atoms with Crippen molar-refractivity contribution in [1.29, 1.82) is 0 Å². The molecule has 0 aliphatic rings. The van der Waals surface area contributed by atoms with E-state index >= 15 is 0 Å². The van der Waals surface area contributed by atoms with Gasteiger partial charge >= 0.3 is 0 Å². The quantitative estimate of drug-likeness (QED) is 0.760. The van der Waals surface area contributed by atoms with Crippen molar-refractivity contribution >= 4 is 0 Å². The molecule has 1 radical (unpaired) electrons. The molecule has 0 spiro atoms. The zero-order chi connectivity index (χ0) is 13.2. The van der Waals surface area contributed by atoms with Crippen molar-refractivity contribution in [2.75, 3.05) is 7.11 Å². The van der Waals surface area contributed by atoms with E-state index in [1.165, 1.54) is 0 Å². The van der Waals surface area contributed by atoms with Crippen LogP contribution in [0, 0.1) is 24.4 Å². The summed E-state index contributed by atoms with van der Waals surface area (Å²) in [5, 5.41) is 0. The number of rotatable bonds is 4. The molecule has 0 aliphatic carbocycles. The summed E-state index contributed by atoms with van der Waals surface area (Å²) in [6.07, 6.45) is -0.220. The number of halogens is 3. The van der Waals surface area contributed by atoms with Crippen molar-refractivity contribution in [2.45, 2.75) is 26.6 Å². The van der Waals surface area contributed by atoms with Crippen LogP contribution in [0.2, 0.25) is 0 Å². The van der Waals surface area contributed by atoms with Crippen molar-refractivity contribution in [3.05, 3.63) is 35.5 Å². The van der Waals surface area contributed by atoms with E-state index in [0.29, 0.717) is 0 Å². The lowest BCUT2D eigenvalue weighted by Gasteiger charge is -2.14. The third-order valence-corrected chi connectivity index (χ3v) is 2.23. The van der Waals surface area contributed by atoms with Crippen LogP contribution in [-0.4, -0.2) is 13.2 Å². The number of hydrogen-bond donors (Lipinski definition) is 0. The van der Waals surface area contributed by atoms with Gasteiger partial charge in [0.25, 0.3) is 0 Å². The predicted molar refractivity (Wildman–Crippen MR) is 57.3 cm³/mol. The Morgan fingerprint density at radius 3 is 2.18 bits per heavy atom. The van der Waals surface area contributed by atoms with Gasteiger partial charge in [0.15, 0.2) is 23.2 Å². The topological polar surface area (TPSA) is 18.5 Å². The number of methoxy groups -OCH3 is 1. The zero-order valence-corrected chi connectivity index (χ0v) is 9.94. The lowest BCUT2D eigenvalue weighted by atomic mass is 10.1. The van der Waals surface area contributed by atoms with E-state index in [1.54, 1.807) is 13.8 Å². The molecule has 2 nitrogen and oxygen atoms in total. The molecule has 0 amide bonds. The molecule has 95 valence electrons. The zero-order valence-electron chi connectivity index (χ0n) is 9.94. The minimum Gasteiger partial charge on any atom is -0.493 e. The Labute approximate surface area is 98.3 Å². The first-order valence-corrected chi connectivity index (χ1v) is 5.07. The van der Waals surface area contributed by atoms with Gasteiger partial charge in [-0.15, -0.1) is 0 Å². The summed E-state index contributed by atoms with van der Waals surface area (Å²) in [6, 6.07) is 0. The number of benzene rings is 1. The summed E-state index contributed by atoms with van der Waals surface area (Å²) in [4.78, 5) is 0. The molecule has 0 saturated heterocycles. The largest absolute Gasteiger partial charge is 0.493 e. The third kappa shape index (κ3) is 2.72. The molecular weight excluding hydrogens is 233 g/mol. The van der Waals surface area contributed by atoms with E-state index < -0.39 is 34.3 Å². The standard InChI is InChI=1S/C12H14F3O2/c1-6(2)17-5-8-10(14)9(13)7(3)12(16-4)11(8)15/h6H,3,5H2,1-2,4H3. The highest BCUT2D eigenvalue weighted by atomic mass is 19.2. The molecule has 0 unspecified atom stereocenters. The minimum atomic E-state index is -1.28. The maximum atomic E-state index is 13.8. The maximum Gasteiger partial charge on any atom is 0.174 e. The average Bonchev–Trinajstić information content (AvgIpc) is 2.26. The van der Waals surface area contributed by atoms with Gasteiger partial charge in [0, 0.05) is 5.56 Å². The van der Waals surface area contributed by atoms with Crippen molar-refractivity contribution < 1.29 is 22.6 Å². The van der Waals surface area contributed by atoms with Gasteiger partial charge in [-0.25, -0.2) is 13.2 Å². The van der Waals surface area contributed by atoms with E-state index in [0.717, 1.165) is 7.11 Å². The van der Waals surface area contributed by atoms with E-state index in [-0.39, 0.29) is 12.7 Å². The molecular formula is C12H14F3O2. The Bertz CT molecular complexity index is 417. The summed E-state index contributed by atoms with van der Waals surface area (Å²) >= 11 is 0. The van der Waals surface area contributed by atoms with Crippen LogP contribution in [0.4, 0.5) is 13.2 Å². The molecule has 5 heteroatoms. The van der Waals surface area contributed by atoms with E-state index in [4.69, 9.17) is 4.74 Å². The summed E-state index contributed by atoms with van der Waals surface area (Å²) in [5.74, 6) is -3.87. The van der Waals surface area contributed by atoms with Gasteiger partial charge in [0.1, 0.15) is 0 Å². The van der Waals surface area contributed by atoms with Crippen molar-refractivity contribution in [3.8, 4) is 5.75 Å². The van der Waals surface area contributed by atoms with Crippen LogP contribution >= 0.6 is 0 Å².